The predicted molar refractivity (Wildman–Crippen MR) is 134 cm³/mol. The zero-order valence-electron chi connectivity index (χ0n) is 18.4. The van der Waals surface area contributed by atoms with Crippen LogP contribution in [0.15, 0.2) is 35.3 Å². The van der Waals surface area contributed by atoms with Crippen LogP contribution in [0.4, 0.5) is 0 Å². The van der Waals surface area contributed by atoms with E-state index in [0.717, 1.165) is 90.5 Å². The third kappa shape index (κ3) is 8.06. The van der Waals surface area contributed by atoms with Gasteiger partial charge in [-0.15, -0.1) is 24.0 Å². The lowest BCUT2D eigenvalue weighted by atomic mass is 10.2. The average Bonchev–Trinajstić information content (AvgIpc) is 2.96. The number of aliphatic imine (C=N–C) groups is 1. The third-order valence-electron chi connectivity index (χ3n) is 5.77. The van der Waals surface area contributed by atoms with E-state index >= 15 is 0 Å². The molecule has 0 radical (unpaired) electrons. The van der Waals surface area contributed by atoms with Crippen molar-refractivity contribution in [1.29, 1.82) is 0 Å². The molecule has 0 atom stereocenters. The lowest BCUT2D eigenvalue weighted by Crippen LogP contribution is -2.52. The first-order chi connectivity index (χ1) is 14.3. The minimum absolute atomic E-state index is 0. The molecule has 0 spiro atoms. The quantitative estimate of drug-likeness (QED) is 0.256. The van der Waals surface area contributed by atoms with Gasteiger partial charge in [0.05, 0.1) is 0 Å². The number of carbonyl (C=O) groups excluding carboxylic acids is 1. The number of likely N-dealkylation sites (tertiary alicyclic amines) is 1. The lowest BCUT2D eigenvalue weighted by Gasteiger charge is -2.36. The standard InChI is InChI=1S/C23H37N5O.HI/c1-2-24-23(25-13-9-15-27-14-8-4-7-12-22(27)29)28-18-16-26(17-19-28)20-21-10-5-3-6-11-21;/h3,5-6,10-11H,2,4,7-9,12-20H2,1H3,(H,24,25);1H. The minimum Gasteiger partial charge on any atom is -0.357 e. The van der Waals surface area contributed by atoms with E-state index in [1.165, 1.54) is 12.0 Å². The molecular weight excluding hydrogens is 489 g/mol. The van der Waals surface area contributed by atoms with Crippen molar-refractivity contribution in [3.63, 3.8) is 0 Å². The van der Waals surface area contributed by atoms with Crippen LogP contribution in [0.25, 0.3) is 0 Å². The topological polar surface area (TPSA) is 51.2 Å². The predicted octanol–water partition coefficient (Wildman–Crippen LogP) is 3.18. The van der Waals surface area contributed by atoms with Crippen molar-refractivity contribution >= 4 is 35.8 Å². The van der Waals surface area contributed by atoms with E-state index in [1.807, 2.05) is 4.90 Å². The SMILES string of the molecule is CCNC(=NCCCN1CCCCCC1=O)N1CCN(Cc2ccccc2)CC1.I. The highest BCUT2D eigenvalue weighted by atomic mass is 127. The Kier molecular flexibility index (Phi) is 11.5. The number of nitrogens with zero attached hydrogens (tertiary/aromatic N) is 4. The molecule has 1 amide bonds. The number of halogens is 1. The summed E-state index contributed by atoms with van der Waals surface area (Å²) in [6.07, 6.45) is 5.04. The summed E-state index contributed by atoms with van der Waals surface area (Å²) in [7, 11) is 0. The molecule has 1 aromatic rings. The normalized spacial score (nSPS) is 18.7. The molecule has 30 heavy (non-hydrogen) atoms. The molecule has 1 N–H and O–H groups in total. The van der Waals surface area contributed by atoms with Crippen LogP contribution in [-0.2, 0) is 11.3 Å². The fraction of sp³-hybridized carbons (Fsp3) is 0.652. The van der Waals surface area contributed by atoms with E-state index in [0.29, 0.717) is 5.91 Å². The molecule has 0 saturated carbocycles. The Morgan fingerprint density at radius 1 is 1.03 bits per heavy atom. The molecule has 0 aromatic heterocycles. The number of rotatable bonds is 7. The Hall–Kier alpha value is -1.35. The Labute approximate surface area is 199 Å². The van der Waals surface area contributed by atoms with Crippen molar-refractivity contribution in [3.8, 4) is 0 Å². The van der Waals surface area contributed by atoms with Crippen LogP contribution < -0.4 is 5.32 Å². The number of guanidine groups is 1. The number of carbonyl (C=O) groups is 1. The lowest BCUT2D eigenvalue weighted by molar-refractivity contribution is -0.130. The Balaban J connectivity index is 0.00000320. The number of hydrogen-bond acceptors (Lipinski definition) is 3. The molecule has 0 unspecified atom stereocenters. The monoisotopic (exact) mass is 527 g/mol. The number of piperazine rings is 1. The van der Waals surface area contributed by atoms with Crippen LogP contribution in [0, 0.1) is 0 Å². The Morgan fingerprint density at radius 2 is 1.80 bits per heavy atom. The van der Waals surface area contributed by atoms with E-state index in [9.17, 15) is 4.79 Å². The highest BCUT2D eigenvalue weighted by Gasteiger charge is 2.20. The summed E-state index contributed by atoms with van der Waals surface area (Å²) in [4.78, 5) is 23.9. The average molecular weight is 527 g/mol. The molecule has 3 rings (SSSR count). The van der Waals surface area contributed by atoms with Gasteiger partial charge in [0.2, 0.25) is 5.91 Å². The molecule has 2 saturated heterocycles. The molecule has 0 aliphatic carbocycles. The Bertz CT molecular complexity index is 646. The maximum absolute atomic E-state index is 12.1. The molecule has 2 heterocycles. The molecule has 168 valence electrons. The summed E-state index contributed by atoms with van der Waals surface area (Å²) in [6, 6.07) is 10.7. The summed E-state index contributed by atoms with van der Waals surface area (Å²) in [5.74, 6) is 1.35. The summed E-state index contributed by atoms with van der Waals surface area (Å²) >= 11 is 0. The number of hydrogen-bond donors (Lipinski definition) is 1. The van der Waals surface area contributed by atoms with Crippen LogP contribution in [0.2, 0.25) is 0 Å². The Morgan fingerprint density at radius 3 is 2.53 bits per heavy atom. The molecule has 2 aliphatic heterocycles. The van der Waals surface area contributed by atoms with Gasteiger partial charge in [0.15, 0.2) is 5.96 Å². The maximum Gasteiger partial charge on any atom is 0.222 e. The van der Waals surface area contributed by atoms with E-state index in [2.05, 4.69) is 52.4 Å². The van der Waals surface area contributed by atoms with Crippen molar-refractivity contribution < 1.29 is 4.79 Å². The highest BCUT2D eigenvalue weighted by Crippen LogP contribution is 2.12. The molecule has 1 aromatic carbocycles. The zero-order valence-corrected chi connectivity index (χ0v) is 20.7. The van der Waals surface area contributed by atoms with Gasteiger partial charge in [-0.2, -0.15) is 0 Å². The minimum atomic E-state index is 0. The molecule has 7 heteroatoms. The largest absolute Gasteiger partial charge is 0.357 e. The van der Waals surface area contributed by atoms with Crippen molar-refractivity contribution in [2.75, 3.05) is 52.4 Å². The van der Waals surface area contributed by atoms with Gasteiger partial charge in [-0.25, -0.2) is 0 Å². The molecular formula is C23H38IN5O. The van der Waals surface area contributed by atoms with Gasteiger partial charge in [-0.3, -0.25) is 14.7 Å². The van der Waals surface area contributed by atoms with E-state index in [1.54, 1.807) is 0 Å². The summed E-state index contributed by atoms with van der Waals surface area (Å²) in [6.45, 7) is 10.7. The number of nitrogens with one attached hydrogen (secondary N) is 1. The van der Waals surface area contributed by atoms with Gasteiger partial charge in [0, 0.05) is 65.3 Å². The summed E-state index contributed by atoms with van der Waals surface area (Å²) < 4.78 is 0. The van der Waals surface area contributed by atoms with Crippen molar-refractivity contribution in [1.82, 2.24) is 20.0 Å². The molecule has 2 fully saturated rings. The smallest absolute Gasteiger partial charge is 0.222 e. The van der Waals surface area contributed by atoms with Crippen LogP contribution in [0.3, 0.4) is 0 Å². The first kappa shape index (κ1) is 24.9. The fourth-order valence-corrected chi connectivity index (χ4v) is 4.11. The van der Waals surface area contributed by atoms with Crippen molar-refractivity contribution in [3.05, 3.63) is 35.9 Å². The van der Waals surface area contributed by atoms with Crippen LogP contribution in [-0.4, -0.2) is 78.9 Å². The molecule has 6 nitrogen and oxygen atoms in total. The number of amides is 1. The van der Waals surface area contributed by atoms with Crippen molar-refractivity contribution in [2.45, 2.75) is 45.6 Å². The van der Waals surface area contributed by atoms with E-state index < -0.39 is 0 Å². The second-order valence-electron chi connectivity index (χ2n) is 8.03. The zero-order chi connectivity index (χ0) is 20.3. The molecule has 2 aliphatic rings. The maximum atomic E-state index is 12.1. The van der Waals surface area contributed by atoms with Crippen molar-refractivity contribution in [2.24, 2.45) is 4.99 Å². The summed E-state index contributed by atoms with van der Waals surface area (Å²) in [5.41, 5.74) is 1.38. The van der Waals surface area contributed by atoms with E-state index in [-0.39, 0.29) is 24.0 Å². The number of benzene rings is 1. The first-order valence-electron chi connectivity index (χ1n) is 11.3. The third-order valence-corrected chi connectivity index (χ3v) is 5.77. The van der Waals surface area contributed by atoms with Gasteiger partial charge < -0.3 is 15.1 Å². The first-order valence-corrected chi connectivity index (χ1v) is 11.3. The van der Waals surface area contributed by atoms with Gasteiger partial charge in [0.25, 0.3) is 0 Å². The fourth-order valence-electron chi connectivity index (χ4n) is 4.11. The van der Waals surface area contributed by atoms with E-state index in [4.69, 9.17) is 4.99 Å². The summed E-state index contributed by atoms with van der Waals surface area (Å²) in [5, 5.41) is 3.45. The molecule has 0 bridgehead atoms. The van der Waals surface area contributed by atoms with Gasteiger partial charge in [-0.1, -0.05) is 36.8 Å². The van der Waals surface area contributed by atoms with Crippen LogP contribution >= 0.6 is 24.0 Å². The van der Waals surface area contributed by atoms with Gasteiger partial charge in [0.1, 0.15) is 0 Å². The van der Waals surface area contributed by atoms with Crippen LogP contribution in [0.5, 0.6) is 0 Å². The highest BCUT2D eigenvalue weighted by molar-refractivity contribution is 14.0. The second kappa shape index (κ2) is 13.9. The second-order valence-corrected chi connectivity index (χ2v) is 8.03. The van der Waals surface area contributed by atoms with Crippen LogP contribution in [0.1, 0.15) is 44.6 Å². The van der Waals surface area contributed by atoms with Gasteiger partial charge in [-0.05, 0) is 31.7 Å². The van der Waals surface area contributed by atoms with Gasteiger partial charge >= 0.3 is 0 Å².